The number of halogens is 3. The Morgan fingerprint density at radius 1 is 1.44 bits per heavy atom. The fraction of sp³-hybridized carbons (Fsp3) is 0.300. The normalized spacial score (nSPS) is 11.2. The number of alkyl halides is 3. The van der Waals surface area contributed by atoms with Crippen LogP contribution in [0.2, 0.25) is 0 Å². The predicted molar refractivity (Wildman–Crippen MR) is 49.7 cm³/mol. The highest BCUT2D eigenvalue weighted by Crippen LogP contribution is 2.26. The van der Waals surface area contributed by atoms with Gasteiger partial charge in [-0.05, 0) is 17.7 Å². The molecule has 0 atom stereocenters. The number of hydrogen-bond donors (Lipinski definition) is 1. The van der Waals surface area contributed by atoms with Crippen LogP contribution in [0.3, 0.4) is 0 Å². The minimum atomic E-state index is -4.43. The van der Waals surface area contributed by atoms with Crippen LogP contribution in [-0.2, 0) is 6.42 Å². The van der Waals surface area contributed by atoms with E-state index in [2.05, 4.69) is 0 Å². The lowest BCUT2D eigenvalue weighted by Gasteiger charge is -2.10. The van der Waals surface area contributed by atoms with E-state index in [0.717, 1.165) is 12.1 Å². The molecule has 1 aromatic rings. The van der Waals surface area contributed by atoms with E-state index in [1.165, 1.54) is 13.2 Å². The highest BCUT2D eigenvalue weighted by molar-refractivity contribution is 5.90. The molecule has 6 heteroatoms. The largest absolute Gasteiger partial charge is 0.497 e. The van der Waals surface area contributed by atoms with Gasteiger partial charge in [-0.15, -0.1) is 0 Å². The van der Waals surface area contributed by atoms with Crippen molar-refractivity contribution in [1.82, 2.24) is 0 Å². The van der Waals surface area contributed by atoms with E-state index in [9.17, 15) is 18.0 Å². The van der Waals surface area contributed by atoms with Gasteiger partial charge in [0.25, 0.3) is 0 Å². The Bertz CT molecular complexity index is 399. The van der Waals surface area contributed by atoms with Gasteiger partial charge >= 0.3 is 12.1 Å². The fourth-order valence-corrected chi connectivity index (χ4v) is 1.25. The second kappa shape index (κ2) is 4.42. The van der Waals surface area contributed by atoms with Crippen LogP contribution in [0.25, 0.3) is 0 Å². The van der Waals surface area contributed by atoms with E-state index in [-0.39, 0.29) is 11.3 Å². The van der Waals surface area contributed by atoms with Crippen molar-refractivity contribution in [2.24, 2.45) is 0 Å². The zero-order valence-corrected chi connectivity index (χ0v) is 8.34. The third-order valence-electron chi connectivity index (χ3n) is 1.94. The first-order valence-corrected chi connectivity index (χ1v) is 4.30. The van der Waals surface area contributed by atoms with Crippen LogP contribution in [0.1, 0.15) is 15.9 Å². The summed E-state index contributed by atoms with van der Waals surface area (Å²) in [5.41, 5.74) is -0.669. The lowest BCUT2D eigenvalue weighted by Crippen LogP contribution is -2.15. The third-order valence-corrected chi connectivity index (χ3v) is 1.94. The number of carbonyl (C=O) groups is 1. The molecule has 0 saturated heterocycles. The van der Waals surface area contributed by atoms with Gasteiger partial charge in [-0.1, -0.05) is 6.07 Å². The summed E-state index contributed by atoms with van der Waals surface area (Å²) in [6, 6.07) is 3.48. The Labute approximate surface area is 89.5 Å². The molecular formula is C10H9F3O3. The van der Waals surface area contributed by atoms with E-state index >= 15 is 0 Å². The highest BCUT2D eigenvalue weighted by Gasteiger charge is 2.30. The molecule has 0 bridgehead atoms. The van der Waals surface area contributed by atoms with Crippen molar-refractivity contribution in [2.45, 2.75) is 12.6 Å². The molecule has 1 N–H and O–H groups in total. The van der Waals surface area contributed by atoms with Gasteiger partial charge < -0.3 is 9.84 Å². The Morgan fingerprint density at radius 3 is 2.50 bits per heavy atom. The fourth-order valence-electron chi connectivity index (χ4n) is 1.25. The second-order valence-corrected chi connectivity index (χ2v) is 3.12. The van der Waals surface area contributed by atoms with Gasteiger partial charge in [-0.2, -0.15) is 13.2 Å². The minimum absolute atomic E-state index is 0.211. The van der Waals surface area contributed by atoms with Crippen LogP contribution < -0.4 is 4.74 Å². The van der Waals surface area contributed by atoms with Crippen molar-refractivity contribution in [1.29, 1.82) is 0 Å². The van der Waals surface area contributed by atoms with Crippen LogP contribution in [0.15, 0.2) is 18.2 Å². The Morgan fingerprint density at radius 2 is 2.06 bits per heavy atom. The molecule has 0 amide bonds. The van der Waals surface area contributed by atoms with Crippen molar-refractivity contribution in [3.8, 4) is 5.75 Å². The number of benzene rings is 1. The van der Waals surface area contributed by atoms with Crippen molar-refractivity contribution in [2.75, 3.05) is 7.11 Å². The number of ether oxygens (including phenoxy) is 1. The second-order valence-electron chi connectivity index (χ2n) is 3.12. The van der Waals surface area contributed by atoms with Gasteiger partial charge in [-0.3, -0.25) is 0 Å². The summed E-state index contributed by atoms with van der Waals surface area (Å²) in [7, 11) is 1.31. The molecule has 0 aliphatic carbocycles. The molecule has 1 rings (SSSR count). The molecule has 0 aromatic heterocycles. The monoisotopic (exact) mass is 234 g/mol. The van der Waals surface area contributed by atoms with Gasteiger partial charge in [0.05, 0.1) is 19.1 Å². The predicted octanol–water partition coefficient (Wildman–Crippen LogP) is 2.50. The molecule has 0 heterocycles. The molecular weight excluding hydrogens is 225 g/mol. The summed E-state index contributed by atoms with van der Waals surface area (Å²) >= 11 is 0. The summed E-state index contributed by atoms with van der Waals surface area (Å²) < 4.78 is 41.2. The van der Waals surface area contributed by atoms with E-state index < -0.39 is 24.1 Å². The quantitative estimate of drug-likeness (QED) is 0.873. The lowest BCUT2D eigenvalue weighted by atomic mass is 10.0. The average Bonchev–Trinajstić information content (AvgIpc) is 2.15. The molecule has 0 radical (unpaired) electrons. The maximum Gasteiger partial charge on any atom is 0.393 e. The maximum atomic E-state index is 12.1. The molecule has 0 spiro atoms. The van der Waals surface area contributed by atoms with Gasteiger partial charge in [-0.25, -0.2) is 4.79 Å². The van der Waals surface area contributed by atoms with Gasteiger partial charge in [0.2, 0.25) is 0 Å². The molecule has 1 aromatic carbocycles. The standard InChI is InChI=1S/C10H9F3O3/c1-16-7-3-2-6(5-10(11,12)13)8(4-7)9(14)15/h2-4H,5H2,1H3,(H,14,15). The molecule has 0 aliphatic heterocycles. The molecule has 88 valence electrons. The zero-order valence-electron chi connectivity index (χ0n) is 8.34. The van der Waals surface area contributed by atoms with Crippen molar-refractivity contribution in [3.05, 3.63) is 29.3 Å². The van der Waals surface area contributed by atoms with E-state index in [1.807, 2.05) is 0 Å². The van der Waals surface area contributed by atoms with Gasteiger partial charge in [0.1, 0.15) is 5.75 Å². The van der Waals surface area contributed by atoms with E-state index in [0.29, 0.717) is 0 Å². The van der Waals surface area contributed by atoms with E-state index in [1.54, 1.807) is 0 Å². The van der Waals surface area contributed by atoms with Crippen molar-refractivity contribution < 1.29 is 27.8 Å². The Hall–Kier alpha value is -1.72. The van der Waals surface area contributed by atoms with Gasteiger partial charge in [0, 0.05) is 0 Å². The topological polar surface area (TPSA) is 46.5 Å². The molecule has 3 nitrogen and oxygen atoms in total. The van der Waals surface area contributed by atoms with Crippen LogP contribution >= 0.6 is 0 Å². The Kier molecular flexibility index (Phi) is 3.41. The summed E-state index contributed by atoms with van der Waals surface area (Å²) in [5, 5.41) is 8.76. The van der Waals surface area contributed by atoms with Crippen molar-refractivity contribution in [3.63, 3.8) is 0 Å². The summed E-state index contributed by atoms with van der Waals surface area (Å²) in [6.45, 7) is 0. The number of aromatic carboxylic acids is 1. The molecule has 0 saturated carbocycles. The number of carboxylic acids is 1. The minimum Gasteiger partial charge on any atom is -0.497 e. The highest BCUT2D eigenvalue weighted by atomic mass is 19.4. The van der Waals surface area contributed by atoms with Crippen molar-refractivity contribution >= 4 is 5.97 Å². The van der Waals surface area contributed by atoms with Gasteiger partial charge in [0.15, 0.2) is 0 Å². The number of carboxylic acid groups (broad SMARTS) is 1. The van der Waals surface area contributed by atoms with Crippen LogP contribution in [0, 0.1) is 0 Å². The number of rotatable bonds is 3. The summed E-state index contributed by atoms with van der Waals surface area (Å²) in [4.78, 5) is 10.8. The molecule has 16 heavy (non-hydrogen) atoms. The summed E-state index contributed by atoms with van der Waals surface area (Å²) in [6.07, 6.45) is -5.70. The molecule has 0 fully saturated rings. The molecule has 0 unspecified atom stereocenters. The first-order valence-electron chi connectivity index (χ1n) is 4.30. The average molecular weight is 234 g/mol. The smallest absolute Gasteiger partial charge is 0.393 e. The lowest BCUT2D eigenvalue weighted by molar-refractivity contribution is -0.127. The van der Waals surface area contributed by atoms with Crippen LogP contribution in [0.5, 0.6) is 5.75 Å². The molecule has 0 aliphatic rings. The maximum absolute atomic E-state index is 12.1. The first kappa shape index (κ1) is 12.4. The first-order chi connectivity index (χ1) is 7.33. The SMILES string of the molecule is COc1ccc(CC(F)(F)F)c(C(=O)O)c1. The number of hydrogen-bond acceptors (Lipinski definition) is 2. The number of methoxy groups -OCH3 is 1. The van der Waals surface area contributed by atoms with Crippen LogP contribution in [-0.4, -0.2) is 24.4 Å². The zero-order chi connectivity index (χ0) is 12.3. The summed E-state index contributed by atoms with van der Waals surface area (Å²) in [5.74, 6) is -1.19. The third kappa shape index (κ3) is 3.15. The van der Waals surface area contributed by atoms with E-state index in [4.69, 9.17) is 9.84 Å². The Balaban J connectivity index is 3.13. The van der Waals surface area contributed by atoms with Crippen LogP contribution in [0.4, 0.5) is 13.2 Å².